The van der Waals surface area contributed by atoms with E-state index < -0.39 is 11.9 Å². The molecule has 8 heteroatoms. The Morgan fingerprint density at radius 3 is 2.43 bits per heavy atom. The second-order valence-electron chi connectivity index (χ2n) is 5.15. The van der Waals surface area contributed by atoms with Crippen molar-refractivity contribution in [3.8, 4) is 0 Å². The SMILES string of the molecule is CC(=O)N[C@@H](Cc1ccc(CN)cc1)c1nnc(CC(N)=O)o1. The second-order valence-corrected chi connectivity index (χ2v) is 5.15. The van der Waals surface area contributed by atoms with E-state index in [1.807, 2.05) is 24.3 Å². The van der Waals surface area contributed by atoms with Crippen molar-refractivity contribution in [1.29, 1.82) is 0 Å². The summed E-state index contributed by atoms with van der Waals surface area (Å²) in [6, 6.07) is 7.22. The molecule has 1 aromatic carbocycles. The summed E-state index contributed by atoms with van der Waals surface area (Å²) in [5, 5.41) is 10.4. The number of hydrogen-bond donors (Lipinski definition) is 3. The van der Waals surface area contributed by atoms with Crippen LogP contribution in [0.4, 0.5) is 0 Å². The Hall–Kier alpha value is -2.74. The van der Waals surface area contributed by atoms with Gasteiger partial charge >= 0.3 is 0 Å². The van der Waals surface area contributed by atoms with E-state index in [4.69, 9.17) is 15.9 Å². The number of primary amides is 1. The lowest BCUT2D eigenvalue weighted by Crippen LogP contribution is -2.28. The van der Waals surface area contributed by atoms with Gasteiger partial charge in [0, 0.05) is 19.9 Å². The number of nitrogens with one attached hydrogen (secondary N) is 1. The first-order valence-electron chi connectivity index (χ1n) is 7.13. The minimum Gasteiger partial charge on any atom is -0.422 e. The van der Waals surface area contributed by atoms with E-state index in [1.54, 1.807) is 0 Å². The number of carbonyl (C=O) groups excluding carboxylic acids is 2. The number of aromatic nitrogens is 2. The third-order valence-corrected chi connectivity index (χ3v) is 3.18. The van der Waals surface area contributed by atoms with E-state index in [0.717, 1.165) is 11.1 Å². The van der Waals surface area contributed by atoms with E-state index in [2.05, 4.69) is 15.5 Å². The van der Waals surface area contributed by atoms with Crippen molar-refractivity contribution in [2.24, 2.45) is 11.5 Å². The van der Waals surface area contributed by atoms with Crippen LogP contribution in [0.15, 0.2) is 28.7 Å². The Morgan fingerprint density at radius 1 is 1.22 bits per heavy atom. The van der Waals surface area contributed by atoms with Crippen molar-refractivity contribution in [3.63, 3.8) is 0 Å². The highest BCUT2D eigenvalue weighted by atomic mass is 16.4. The third-order valence-electron chi connectivity index (χ3n) is 3.18. The van der Waals surface area contributed by atoms with Crippen molar-refractivity contribution in [1.82, 2.24) is 15.5 Å². The lowest BCUT2D eigenvalue weighted by atomic mass is 10.0. The van der Waals surface area contributed by atoms with Gasteiger partial charge in [-0.3, -0.25) is 9.59 Å². The van der Waals surface area contributed by atoms with Crippen LogP contribution in [-0.4, -0.2) is 22.0 Å². The molecule has 0 aliphatic carbocycles. The Morgan fingerprint density at radius 2 is 1.87 bits per heavy atom. The van der Waals surface area contributed by atoms with E-state index in [0.29, 0.717) is 13.0 Å². The molecule has 2 aromatic rings. The lowest BCUT2D eigenvalue weighted by Gasteiger charge is -2.14. The number of rotatable bonds is 7. The fourth-order valence-corrected chi connectivity index (χ4v) is 2.12. The summed E-state index contributed by atoms with van der Waals surface area (Å²) >= 11 is 0. The highest BCUT2D eigenvalue weighted by Gasteiger charge is 2.21. The molecule has 0 aliphatic rings. The van der Waals surface area contributed by atoms with Crippen molar-refractivity contribution in [2.45, 2.75) is 32.4 Å². The number of hydrogen-bond acceptors (Lipinski definition) is 6. The standard InChI is InChI=1S/C15H19N5O3/c1-9(21)18-12(6-10-2-4-11(8-16)5-3-10)15-20-19-14(23-15)7-13(17)22/h2-5,12H,6-8,16H2,1H3,(H2,17,22)(H,18,21)/t12-/m0/s1. The van der Waals surface area contributed by atoms with Crippen LogP contribution in [0.5, 0.6) is 0 Å². The first-order valence-corrected chi connectivity index (χ1v) is 7.13. The van der Waals surface area contributed by atoms with Crippen LogP contribution >= 0.6 is 0 Å². The summed E-state index contributed by atoms with van der Waals surface area (Å²) in [5.41, 5.74) is 12.7. The molecule has 23 heavy (non-hydrogen) atoms. The Bertz CT molecular complexity index is 681. The van der Waals surface area contributed by atoms with Crippen LogP contribution in [0.2, 0.25) is 0 Å². The smallest absolute Gasteiger partial charge is 0.239 e. The molecule has 1 heterocycles. The summed E-state index contributed by atoms with van der Waals surface area (Å²) in [6.45, 7) is 1.88. The Balaban J connectivity index is 2.16. The van der Waals surface area contributed by atoms with Gasteiger partial charge < -0.3 is 21.2 Å². The zero-order valence-corrected chi connectivity index (χ0v) is 12.8. The molecule has 5 N–H and O–H groups in total. The van der Waals surface area contributed by atoms with Gasteiger partial charge in [0.05, 0.1) is 0 Å². The monoisotopic (exact) mass is 317 g/mol. The van der Waals surface area contributed by atoms with Gasteiger partial charge in [-0.25, -0.2) is 0 Å². The number of benzene rings is 1. The number of nitrogens with two attached hydrogens (primary N) is 2. The minimum absolute atomic E-state index is 0.126. The van der Waals surface area contributed by atoms with Gasteiger partial charge in [0.1, 0.15) is 12.5 Å². The third kappa shape index (κ3) is 4.89. The number of amides is 2. The number of carbonyl (C=O) groups is 2. The van der Waals surface area contributed by atoms with Gasteiger partial charge in [-0.2, -0.15) is 0 Å². The molecule has 0 saturated heterocycles. The van der Waals surface area contributed by atoms with E-state index in [-0.39, 0.29) is 24.1 Å². The molecule has 122 valence electrons. The van der Waals surface area contributed by atoms with E-state index >= 15 is 0 Å². The van der Waals surface area contributed by atoms with Crippen molar-refractivity contribution in [2.75, 3.05) is 0 Å². The fraction of sp³-hybridized carbons (Fsp3) is 0.333. The van der Waals surface area contributed by atoms with Crippen LogP contribution in [0.3, 0.4) is 0 Å². The quantitative estimate of drug-likeness (QED) is 0.656. The van der Waals surface area contributed by atoms with Crippen LogP contribution in [0.1, 0.15) is 35.9 Å². The topological polar surface area (TPSA) is 137 Å². The lowest BCUT2D eigenvalue weighted by molar-refractivity contribution is -0.120. The van der Waals surface area contributed by atoms with Crippen LogP contribution in [0, 0.1) is 0 Å². The molecule has 2 rings (SSSR count). The summed E-state index contributed by atoms with van der Waals surface area (Å²) < 4.78 is 5.42. The summed E-state index contributed by atoms with van der Waals surface area (Å²) in [6.07, 6.45) is 0.341. The van der Waals surface area contributed by atoms with Crippen LogP contribution < -0.4 is 16.8 Å². The first-order chi connectivity index (χ1) is 11.0. The average molecular weight is 317 g/mol. The molecule has 8 nitrogen and oxygen atoms in total. The Kier molecular flexibility index (Phi) is 5.42. The largest absolute Gasteiger partial charge is 0.422 e. The molecular formula is C15H19N5O3. The predicted octanol–water partition coefficient (Wildman–Crippen LogP) is -0.0240. The molecule has 0 fully saturated rings. The Labute approximate surface area is 133 Å². The zero-order chi connectivity index (χ0) is 16.8. The normalized spacial score (nSPS) is 11.9. The van der Waals surface area contributed by atoms with E-state index in [1.165, 1.54) is 6.92 Å². The maximum absolute atomic E-state index is 11.4. The summed E-state index contributed by atoms with van der Waals surface area (Å²) in [7, 11) is 0. The maximum atomic E-state index is 11.4. The van der Waals surface area contributed by atoms with E-state index in [9.17, 15) is 9.59 Å². The van der Waals surface area contributed by atoms with Gasteiger partial charge in [-0.1, -0.05) is 24.3 Å². The summed E-state index contributed by atoms with van der Waals surface area (Å²) in [5.74, 6) is -0.419. The van der Waals surface area contributed by atoms with Gasteiger partial charge in [0.15, 0.2) is 0 Å². The molecule has 0 unspecified atom stereocenters. The van der Waals surface area contributed by atoms with Crippen LogP contribution in [0.25, 0.3) is 0 Å². The minimum atomic E-state index is -0.561. The van der Waals surface area contributed by atoms with Crippen molar-refractivity contribution >= 4 is 11.8 Å². The van der Waals surface area contributed by atoms with Crippen molar-refractivity contribution in [3.05, 3.63) is 47.2 Å². The van der Waals surface area contributed by atoms with Crippen molar-refractivity contribution < 1.29 is 14.0 Å². The average Bonchev–Trinajstić information content (AvgIpc) is 2.94. The molecular weight excluding hydrogens is 298 g/mol. The molecule has 1 aromatic heterocycles. The highest BCUT2D eigenvalue weighted by Crippen LogP contribution is 2.18. The molecule has 0 bridgehead atoms. The second kappa shape index (κ2) is 7.50. The van der Waals surface area contributed by atoms with Gasteiger partial charge in [0.2, 0.25) is 23.6 Å². The summed E-state index contributed by atoms with van der Waals surface area (Å²) in [4.78, 5) is 22.3. The molecule has 0 spiro atoms. The van der Waals surface area contributed by atoms with Crippen LogP contribution in [-0.2, 0) is 29.0 Å². The predicted molar refractivity (Wildman–Crippen MR) is 81.8 cm³/mol. The number of nitrogens with zero attached hydrogens (tertiary/aromatic N) is 2. The molecule has 0 radical (unpaired) electrons. The first kappa shape index (κ1) is 16.6. The zero-order valence-electron chi connectivity index (χ0n) is 12.8. The highest BCUT2D eigenvalue weighted by molar-refractivity contribution is 5.75. The molecule has 1 atom stereocenters. The molecule has 0 aliphatic heterocycles. The van der Waals surface area contributed by atoms with Gasteiger partial charge in [-0.15, -0.1) is 10.2 Å². The van der Waals surface area contributed by atoms with Gasteiger partial charge in [0.25, 0.3) is 0 Å². The fourth-order valence-electron chi connectivity index (χ4n) is 2.12. The molecule has 2 amide bonds. The maximum Gasteiger partial charge on any atom is 0.239 e. The van der Waals surface area contributed by atoms with Gasteiger partial charge in [-0.05, 0) is 11.1 Å². The molecule has 0 saturated carbocycles.